The quantitative estimate of drug-likeness (QED) is 0.452. The van der Waals surface area contributed by atoms with Crippen LogP contribution >= 0.6 is 0 Å². The van der Waals surface area contributed by atoms with E-state index >= 15 is 0 Å². The summed E-state index contributed by atoms with van der Waals surface area (Å²) in [6.45, 7) is 4.97. The van der Waals surface area contributed by atoms with E-state index in [9.17, 15) is 5.11 Å². The monoisotopic (exact) mass is 390 g/mol. The van der Waals surface area contributed by atoms with Crippen molar-refractivity contribution in [2.75, 3.05) is 6.61 Å². The van der Waals surface area contributed by atoms with Crippen molar-refractivity contribution in [3.05, 3.63) is 77.6 Å². The fraction of sp³-hybridized carbons (Fsp3) is 0.360. The summed E-state index contributed by atoms with van der Waals surface area (Å²) in [4.78, 5) is 8.91. The predicted molar refractivity (Wildman–Crippen MR) is 117 cm³/mol. The number of pyridine rings is 2. The zero-order valence-electron chi connectivity index (χ0n) is 17.3. The molecule has 0 bridgehead atoms. The highest BCUT2D eigenvalue weighted by atomic mass is 16.5. The van der Waals surface area contributed by atoms with Crippen LogP contribution in [0.4, 0.5) is 0 Å². The lowest BCUT2D eigenvalue weighted by Gasteiger charge is -2.12. The van der Waals surface area contributed by atoms with Crippen molar-refractivity contribution in [3.63, 3.8) is 0 Å². The molecule has 0 fully saturated rings. The minimum atomic E-state index is -0.571. The first kappa shape index (κ1) is 21.0. The van der Waals surface area contributed by atoms with Gasteiger partial charge in [0.2, 0.25) is 0 Å². The van der Waals surface area contributed by atoms with Crippen molar-refractivity contribution >= 4 is 0 Å². The highest BCUT2D eigenvalue weighted by Crippen LogP contribution is 2.22. The molecule has 0 saturated carbocycles. The Hall–Kier alpha value is -2.72. The van der Waals surface area contributed by atoms with Crippen molar-refractivity contribution in [2.24, 2.45) is 0 Å². The molecule has 1 atom stereocenters. The molecule has 0 amide bonds. The number of aryl methyl sites for hydroxylation is 1. The molecule has 0 saturated heterocycles. The second-order valence-electron chi connectivity index (χ2n) is 7.47. The van der Waals surface area contributed by atoms with Gasteiger partial charge in [-0.25, -0.2) is 0 Å². The molecule has 1 aromatic carbocycles. The highest BCUT2D eigenvalue weighted by molar-refractivity contribution is 5.54. The lowest BCUT2D eigenvalue weighted by Crippen LogP contribution is -2.03. The smallest absolute Gasteiger partial charge is 0.119 e. The van der Waals surface area contributed by atoms with Crippen molar-refractivity contribution in [1.82, 2.24) is 9.97 Å². The number of benzene rings is 1. The molecule has 0 radical (unpaired) electrons. The van der Waals surface area contributed by atoms with Gasteiger partial charge in [0, 0.05) is 18.8 Å². The number of rotatable bonds is 10. The van der Waals surface area contributed by atoms with Gasteiger partial charge in [-0.2, -0.15) is 0 Å². The SMILES string of the molecule is CCCCCCOc1ccc(C(O)Cc2ccc(-c3ccc(C)cn3)nc2)cc1. The minimum absolute atomic E-state index is 0.520. The average molecular weight is 391 g/mol. The van der Waals surface area contributed by atoms with E-state index in [0.29, 0.717) is 6.42 Å². The van der Waals surface area contributed by atoms with Crippen LogP contribution in [0.15, 0.2) is 60.9 Å². The number of unbranched alkanes of at least 4 members (excludes halogenated alkanes) is 3. The highest BCUT2D eigenvalue weighted by Gasteiger charge is 2.10. The second kappa shape index (κ2) is 10.7. The van der Waals surface area contributed by atoms with Crippen LogP contribution in [-0.2, 0) is 6.42 Å². The summed E-state index contributed by atoms with van der Waals surface area (Å²) in [7, 11) is 0. The summed E-state index contributed by atoms with van der Waals surface area (Å²) in [5.41, 5.74) is 4.69. The Morgan fingerprint density at radius 1 is 0.862 bits per heavy atom. The molecule has 4 nitrogen and oxygen atoms in total. The summed E-state index contributed by atoms with van der Waals surface area (Å²) >= 11 is 0. The molecular formula is C25H30N2O2. The fourth-order valence-corrected chi connectivity index (χ4v) is 3.16. The van der Waals surface area contributed by atoms with E-state index in [1.54, 1.807) is 0 Å². The van der Waals surface area contributed by atoms with E-state index in [-0.39, 0.29) is 0 Å². The second-order valence-corrected chi connectivity index (χ2v) is 7.47. The lowest BCUT2D eigenvalue weighted by atomic mass is 10.0. The van der Waals surface area contributed by atoms with E-state index in [1.165, 1.54) is 19.3 Å². The Bertz CT molecular complexity index is 859. The van der Waals surface area contributed by atoms with Gasteiger partial charge in [-0.15, -0.1) is 0 Å². The Morgan fingerprint density at radius 3 is 2.21 bits per heavy atom. The number of aliphatic hydroxyl groups excluding tert-OH is 1. The number of hydrogen-bond acceptors (Lipinski definition) is 4. The third-order valence-electron chi connectivity index (χ3n) is 4.96. The molecule has 0 spiro atoms. The molecule has 0 aliphatic heterocycles. The number of aromatic nitrogens is 2. The van der Waals surface area contributed by atoms with Gasteiger partial charge in [0.05, 0.1) is 24.1 Å². The van der Waals surface area contributed by atoms with Gasteiger partial charge in [0.1, 0.15) is 5.75 Å². The van der Waals surface area contributed by atoms with Crippen LogP contribution in [0.25, 0.3) is 11.4 Å². The van der Waals surface area contributed by atoms with Crippen LogP contribution in [0.1, 0.15) is 55.4 Å². The third kappa shape index (κ3) is 6.40. The Kier molecular flexibility index (Phi) is 7.77. The maximum absolute atomic E-state index is 10.6. The summed E-state index contributed by atoms with van der Waals surface area (Å²) in [6, 6.07) is 15.7. The molecule has 1 N–H and O–H groups in total. The predicted octanol–water partition coefficient (Wildman–Crippen LogP) is 5.69. The molecule has 3 rings (SSSR count). The number of hydrogen-bond donors (Lipinski definition) is 1. The molecular weight excluding hydrogens is 360 g/mol. The Balaban J connectivity index is 1.53. The Morgan fingerprint density at radius 2 is 1.59 bits per heavy atom. The van der Waals surface area contributed by atoms with E-state index in [1.807, 2.05) is 67.8 Å². The number of ether oxygens (including phenoxy) is 1. The van der Waals surface area contributed by atoms with Crippen LogP contribution in [0.2, 0.25) is 0 Å². The van der Waals surface area contributed by atoms with E-state index < -0.39 is 6.10 Å². The standard InChI is InChI=1S/C25H30N2O2/c1-3-4-5-6-15-29-22-11-9-21(10-12-22)25(28)16-20-8-14-24(27-18-20)23-13-7-19(2)17-26-23/h7-14,17-18,25,28H,3-6,15-16H2,1-2H3. The Labute approximate surface area is 173 Å². The van der Waals surface area contributed by atoms with Crippen LogP contribution in [0, 0.1) is 6.92 Å². The molecule has 1 unspecified atom stereocenters. The minimum Gasteiger partial charge on any atom is -0.494 e. The molecule has 29 heavy (non-hydrogen) atoms. The largest absolute Gasteiger partial charge is 0.494 e. The van der Waals surface area contributed by atoms with Crippen molar-refractivity contribution in [2.45, 2.75) is 52.1 Å². The molecule has 0 aliphatic rings. The van der Waals surface area contributed by atoms with Crippen LogP contribution < -0.4 is 4.74 Å². The van der Waals surface area contributed by atoms with Crippen LogP contribution in [-0.4, -0.2) is 21.7 Å². The van der Waals surface area contributed by atoms with Gasteiger partial charge in [-0.05, 0) is 54.3 Å². The summed E-state index contributed by atoms with van der Waals surface area (Å²) in [6.07, 6.45) is 8.38. The first-order valence-corrected chi connectivity index (χ1v) is 10.4. The summed E-state index contributed by atoms with van der Waals surface area (Å²) < 4.78 is 5.77. The molecule has 3 aromatic rings. The third-order valence-corrected chi connectivity index (χ3v) is 4.96. The van der Waals surface area contributed by atoms with Crippen molar-refractivity contribution < 1.29 is 9.84 Å². The first-order chi connectivity index (χ1) is 14.2. The zero-order chi connectivity index (χ0) is 20.5. The zero-order valence-corrected chi connectivity index (χ0v) is 17.3. The number of aliphatic hydroxyl groups is 1. The first-order valence-electron chi connectivity index (χ1n) is 10.4. The van der Waals surface area contributed by atoms with E-state index in [2.05, 4.69) is 16.9 Å². The van der Waals surface area contributed by atoms with Gasteiger partial charge < -0.3 is 9.84 Å². The van der Waals surface area contributed by atoms with Gasteiger partial charge in [-0.1, -0.05) is 50.5 Å². The molecule has 4 heteroatoms. The maximum Gasteiger partial charge on any atom is 0.119 e. The van der Waals surface area contributed by atoms with Gasteiger partial charge in [0.25, 0.3) is 0 Å². The lowest BCUT2D eigenvalue weighted by molar-refractivity contribution is 0.178. The molecule has 2 aromatic heterocycles. The van der Waals surface area contributed by atoms with Gasteiger partial charge in [0.15, 0.2) is 0 Å². The van der Waals surface area contributed by atoms with Gasteiger partial charge >= 0.3 is 0 Å². The van der Waals surface area contributed by atoms with Gasteiger partial charge in [-0.3, -0.25) is 9.97 Å². The van der Waals surface area contributed by atoms with E-state index in [4.69, 9.17) is 4.74 Å². The molecule has 152 valence electrons. The van der Waals surface area contributed by atoms with E-state index in [0.717, 1.165) is 46.9 Å². The van der Waals surface area contributed by atoms with Crippen LogP contribution in [0.5, 0.6) is 5.75 Å². The fourth-order valence-electron chi connectivity index (χ4n) is 3.16. The molecule has 0 aliphatic carbocycles. The van der Waals surface area contributed by atoms with Crippen molar-refractivity contribution in [3.8, 4) is 17.1 Å². The topological polar surface area (TPSA) is 55.2 Å². The molecule has 2 heterocycles. The maximum atomic E-state index is 10.6. The summed E-state index contributed by atoms with van der Waals surface area (Å²) in [5, 5.41) is 10.6. The van der Waals surface area contributed by atoms with Crippen molar-refractivity contribution in [1.29, 1.82) is 0 Å². The normalized spacial score (nSPS) is 12.0. The van der Waals surface area contributed by atoms with Crippen LogP contribution in [0.3, 0.4) is 0 Å². The number of nitrogens with zero attached hydrogens (tertiary/aromatic N) is 2. The average Bonchev–Trinajstić information content (AvgIpc) is 2.75. The summed E-state index contributed by atoms with van der Waals surface area (Å²) in [5.74, 6) is 0.856.